The third kappa shape index (κ3) is 4.31. The molecule has 7 heteroatoms. The van der Waals surface area contributed by atoms with Crippen molar-refractivity contribution < 1.29 is 4.79 Å². The van der Waals surface area contributed by atoms with Crippen LogP contribution in [0.25, 0.3) is 10.9 Å². The molecule has 1 N–H and O–H groups in total. The number of aryl methyl sites for hydroxylation is 1. The van der Waals surface area contributed by atoms with Crippen LogP contribution in [0.5, 0.6) is 0 Å². The molecule has 31 heavy (non-hydrogen) atoms. The molecule has 2 aliphatic rings. The zero-order valence-corrected chi connectivity index (χ0v) is 17.6. The van der Waals surface area contributed by atoms with Gasteiger partial charge in [-0.25, -0.2) is 9.97 Å². The zero-order valence-electron chi connectivity index (χ0n) is 17.6. The summed E-state index contributed by atoms with van der Waals surface area (Å²) in [5, 5.41) is 3.65. The second-order valence-corrected chi connectivity index (χ2v) is 8.44. The first-order valence-electron chi connectivity index (χ1n) is 11.2. The molecule has 2 fully saturated rings. The van der Waals surface area contributed by atoms with E-state index in [2.05, 4.69) is 21.3 Å². The lowest BCUT2D eigenvalue weighted by Crippen LogP contribution is -2.27. The minimum atomic E-state index is -0.0377. The molecule has 3 aromatic rings. The number of aromatic nitrogens is 3. The van der Waals surface area contributed by atoms with Gasteiger partial charge in [-0.3, -0.25) is 14.2 Å². The minimum absolute atomic E-state index is 0.00901. The van der Waals surface area contributed by atoms with Gasteiger partial charge in [0.05, 0.1) is 10.9 Å². The SMILES string of the molecule is O=C(CCc1nc2ccccc2c(=O)n1C1CC1)NCc1ccnc(N2CCCC2)c1. The lowest BCUT2D eigenvalue weighted by atomic mass is 10.2. The van der Waals surface area contributed by atoms with Crippen molar-refractivity contribution in [2.24, 2.45) is 0 Å². The first-order valence-corrected chi connectivity index (χ1v) is 11.2. The van der Waals surface area contributed by atoms with Gasteiger partial charge in [0.15, 0.2) is 0 Å². The number of hydrogen-bond acceptors (Lipinski definition) is 5. The Morgan fingerprint density at radius 1 is 1.13 bits per heavy atom. The fourth-order valence-corrected chi connectivity index (χ4v) is 4.28. The van der Waals surface area contributed by atoms with E-state index in [1.54, 1.807) is 4.57 Å². The summed E-state index contributed by atoms with van der Waals surface area (Å²) in [7, 11) is 0. The molecule has 160 valence electrons. The number of fused-ring (bicyclic) bond motifs is 1. The predicted molar refractivity (Wildman–Crippen MR) is 120 cm³/mol. The molecule has 0 spiro atoms. The molecular formula is C24H27N5O2. The van der Waals surface area contributed by atoms with E-state index in [-0.39, 0.29) is 17.5 Å². The number of pyridine rings is 1. The van der Waals surface area contributed by atoms with Gasteiger partial charge in [-0.2, -0.15) is 0 Å². The summed E-state index contributed by atoms with van der Waals surface area (Å²) in [5.74, 6) is 1.66. The van der Waals surface area contributed by atoms with E-state index in [1.165, 1.54) is 12.8 Å². The van der Waals surface area contributed by atoms with E-state index < -0.39 is 0 Å². The minimum Gasteiger partial charge on any atom is -0.357 e. The maximum Gasteiger partial charge on any atom is 0.261 e. The van der Waals surface area contributed by atoms with Gasteiger partial charge in [0.25, 0.3) is 5.56 Å². The highest BCUT2D eigenvalue weighted by Crippen LogP contribution is 2.34. The molecule has 0 atom stereocenters. The van der Waals surface area contributed by atoms with Crippen LogP contribution in [-0.4, -0.2) is 33.5 Å². The molecule has 5 rings (SSSR count). The molecule has 1 aliphatic heterocycles. The average Bonchev–Trinajstić information content (AvgIpc) is 3.48. The van der Waals surface area contributed by atoms with E-state index >= 15 is 0 Å². The van der Waals surface area contributed by atoms with Crippen LogP contribution in [0.1, 0.15) is 49.5 Å². The first-order chi connectivity index (χ1) is 15.2. The van der Waals surface area contributed by atoms with Crippen LogP contribution in [-0.2, 0) is 17.8 Å². The fraction of sp³-hybridized carbons (Fsp3) is 0.417. The van der Waals surface area contributed by atoms with Crippen molar-refractivity contribution in [3.8, 4) is 0 Å². The highest BCUT2D eigenvalue weighted by Gasteiger charge is 2.28. The summed E-state index contributed by atoms with van der Waals surface area (Å²) in [6, 6.07) is 11.7. The van der Waals surface area contributed by atoms with Crippen molar-refractivity contribution in [3.63, 3.8) is 0 Å². The molecule has 0 unspecified atom stereocenters. The number of anilines is 1. The summed E-state index contributed by atoms with van der Waals surface area (Å²) in [4.78, 5) is 36.9. The van der Waals surface area contributed by atoms with Gasteiger partial charge in [0.2, 0.25) is 5.91 Å². The van der Waals surface area contributed by atoms with Crippen LogP contribution in [0, 0.1) is 0 Å². The van der Waals surface area contributed by atoms with Crippen molar-refractivity contribution in [3.05, 3.63) is 64.3 Å². The normalized spacial score (nSPS) is 16.1. The van der Waals surface area contributed by atoms with E-state index in [4.69, 9.17) is 4.98 Å². The van der Waals surface area contributed by atoms with Crippen LogP contribution in [0.4, 0.5) is 5.82 Å². The van der Waals surface area contributed by atoms with Crippen molar-refractivity contribution in [2.75, 3.05) is 18.0 Å². The van der Waals surface area contributed by atoms with Gasteiger partial charge in [-0.05, 0) is 55.5 Å². The van der Waals surface area contributed by atoms with Gasteiger partial charge >= 0.3 is 0 Å². The van der Waals surface area contributed by atoms with Crippen LogP contribution < -0.4 is 15.8 Å². The Labute approximate surface area is 181 Å². The number of hydrogen-bond donors (Lipinski definition) is 1. The second-order valence-electron chi connectivity index (χ2n) is 8.44. The van der Waals surface area contributed by atoms with E-state index in [0.717, 1.165) is 37.3 Å². The second kappa shape index (κ2) is 8.49. The summed E-state index contributed by atoms with van der Waals surface area (Å²) >= 11 is 0. The summed E-state index contributed by atoms with van der Waals surface area (Å²) in [5.41, 5.74) is 1.75. The van der Waals surface area contributed by atoms with Gasteiger partial charge in [-0.1, -0.05) is 12.1 Å². The molecule has 1 aliphatic carbocycles. The maximum absolute atomic E-state index is 12.9. The molecule has 1 saturated heterocycles. The smallest absolute Gasteiger partial charge is 0.261 e. The van der Waals surface area contributed by atoms with Gasteiger partial charge in [0.1, 0.15) is 11.6 Å². The van der Waals surface area contributed by atoms with Crippen LogP contribution in [0.15, 0.2) is 47.4 Å². The first kappa shape index (κ1) is 19.7. The van der Waals surface area contributed by atoms with Crippen molar-refractivity contribution >= 4 is 22.6 Å². The lowest BCUT2D eigenvalue weighted by Gasteiger charge is -2.17. The Kier molecular flexibility index (Phi) is 5.40. The highest BCUT2D eigenvalue weighted by molar-refractivity contribution is 5.78. The number of para-hydroxylation sites is 1. The topological polar surface area (TPSA) is 80.1 Å². The van der Waals surface area contributed by atoms with Crippen LogP contribution >= 0.6 is 0 Å². The average molecular weight is 418 g/mol. The molecule has 1 aromatic carbocycles. The van der Waals surface area contributed by atoms with E-state index in [1.807, 2.05) is 36.5 Å². The Morgan fingerprint density at radius 3 is 2.74 bits per heavy atom. The third-order valence-corrected chi connectivity index (χ3v) is 6.10. The van der Waals surface area contributed by atoms with E-state index in [0.29, 0.717) is 36.1 Å². The number of rotatable bonds is 7. The van der Waals surface area contributed by atoms with E-state index in [9.17, 15) is 9.59 Å². The number of carbonyl (C=O) groups is 1. The summed E-state index contributed by atoms with van der Waals surface area (Å²) in [6.45, 7) is 2.57. The fourth-order valence-electron chi connectivity index (χ4n) is 4.28. The van der Waals surface area contributed by atoms with Crippen molar-refractivity contribution in [1.29, 1.82) is 0 Å². The number of benzene rings is 1. The number of amides is 1. The van der Waals surface area contributed by atoms with Crippen molar-refractivity contribution in [1.82, 2.24) is 19.9 Å². The predicted octanol–water partition coefficient (Wildman–Crippen LogP) is 2.98. The third-order valence-electron chi connectivity index (χ3n) is 6.10. The summed E-state index contributed by atoms with van der Waals surface area (Å²) < 4.78 is 1.81. The highest BCUT2D eigenvalue weighted by atomic mass is 16.1. The molecule has 1 saturated carbocycles. The molecule has 3 heterocycles. The van der Waals surface area contributed by atoms with Gasteiger partial charge in [-0.15, -0.1) is 0 Å². The molecule has 2 aromatic heterocycles. The molecule has 0 radical (unpaired) electrons. The molecule has 7 nitrogen and oxygen atoms in total. The van der Waals surface area contributed by atoms with Gasteiger partial charge < -0.3 is 10.2 Å². The number of nitrogens with zero attached hydrogens (tertiary/aromatic N) is 4. The number of nitrogens with one attached hydrogen (secondary N) is 1. The quantitative estimate of drug-likeness (QED) is 0.639. The van der Waals surface area contributed by atoms with Crippen LogP contribution in [0.2, 0.25) is 0 Å². The van der Waals surface area contributed by atoms with Crippen LogP contribution in [0.3, 0.4) is 0 Å². The maximum atomic E-state index is 12.9. The standard InChI is InChI=1S/C24H27N5O2/c30-23(26-16-17-11-12-25-22(15-17)28-13-3-4-14-28)10-9-21-27-20-6-2-1-5-19(20)24(31)29(21)18-7-8-18/h1-2,5-6,11-12,15,18H,3-4,7-10,13-14,16H2,(H,26,30). The Bertz CT molecular complexity index is 1160. The monoisotopic (exact) mass is 417 g/mol. The summed E-state index contributed by atoms with van der Waals surface area (Å²) in [6.07, 6.45) is 6.98. The largest absolute Gasteiger partial charge is 0.357 e. The Morgan fingerprint density at radius 2 is 1.94 bits per heavy atom. The van der Waals surface area contributed by atoms with Crippen molar-refractivity contribution in [2.45, 2.75) is 51.1 Å². The Hall–Kier alpha value is -3.22. The lowest BCUT2D eigenvalue weighted by molar-refractivity contribution is -0.121. The molecule has 1 amide bonds. The molecular weight excluding hydrogens is 390 g/mol. The Balaban J connectivity index is 1.24. The van der Waals surface area contributed by atoms with Gasteiger partial charge in [0, 0.05) is 44.7 Å². The zero-order chi connectivity index (χ0) is 21.2. The molecule has 0 bridgehead atoms. The number of carbonyl (C=O) groups excluding carboxylic acids is 1.